The molecule has 1 aliphatic heterocycles. The fourth-order valence-electron chi connectivity index (χ4n) is 3.92. The maximum absolute atomic E-state index is 13.7. The van der Waals surface area contributed by atoms with E-state index in [1.165, 1.54) is 36.6 Å². The van der Waals surface area contributed by atoms with Crippen molar-refractivity contribution in [3.63, 3.8) is 0 Å². The topological polar surface area (TPSA) is 87.2 Å². The van der Waals surface area contributed by atoms with Crippen LogP contribution in [0.1, 0.15) is 25.7 Å². The summed E-state index contributed by atoms with van der Waals surface area (Å²) in [7, 11) is 1.41. The summed E-state index contributed by atoms with van der Waals surface area (Å²) in [5.41, 5.74) is -1.72. The van der Waals surface area contributed by atoms with Gasteiger partial charge in [-0.3, -0.25) is 9.59 Å². The summed E-state index contributed by atoms with van der Waals surface area (Å²) in [6.07, 6.45) is 0.961. The number of hydrogen-bond acceptors (Lipinski definition) is 6. The quantitative estimate of drug-likeness (QED) is 0.565. The molecular weight excluding hydrogens is 411 g/mol. The molecule has 1 saturated heterocycles. The molecule has 0 aromatic carbocycles. The molecule has 1 spiro atoms. The van der Waals surface area contributed by atoms with Crippen molar-refractivity contribution in [1.82, 2.24) is 20.2 Å². The van der Waals surface area contributed by atoms with Crippen molar-refractivity contribution in [1.29, 1.82) is 0 Å². The Balaban J connectivity index is 1.95. The zero-order valence-electron chi connectivity index (χ0n) is 15.5. The second-order valence-corrected chi connectivity index (χ2v) is 7.32. The predicted octanol–water partition coefficient (Wildman–Crippen LogP) is 2.93. The van der Waals surface area contributed by atoms with Crippen LogP contribution < -0.4 is 10.6 Å². The van der Waals surface area contributed by atoms with Gasteiger partial charge < -0.3 is 15.5 Å². The molecule has 1 saturated carbocycles. The van der Waals surface area contributed by atoms with Crippen molar-refractivity contribution in [2.45, 2.75) is 37.5 Å². The molecule has 2 heterocycles. The van der Waals surface area contributed by atoms with Crippen LogP contribution in [-0.4, -0.2) is 45.9 Å². The molecule has 11 heteroatoms. The monoisotopic (exact) mass is 429 g/mol. The summed E-state index contributed by atoms with van der Waals surface area (Å²) in [6, 6.07) is 1.51. The Bertz CT molecular complexity index is 859. The van der Waals surface area contributed by atoms with Crippen LogP contribution in [0.3, 0.4) is 0 Å². The summed E-state index contributed by atoms with van der Waals surface area (Å²) in [5, 5.41) is 5.07. The smallest absolute Gasteiger partial charge is 0.346 e. The molecule has 1 aromatic rings. The van der Waals surface area contributed by atoms with Gasteiger partial charge in [-0.15, -0.1) is 0 Å². The summed E-state index contributed by atoms with van der Waals surface area (Å²) in [6.45, 7) is 0. The molecule has 2 fully saturated rings. The molecule has 7 nitrogen and oxygen atoms in total. The van der Waals surface area contributed by atoms with E-state index in [9.17, 15) is 22.8 Å². The first-order valence-corrected chi connectivity index (χ1v) is 9.29. The van der Waals surface area contributed by atoms with E-state index in [-0.39, 0.29) is 29.3 Å². The highest BCUT2D eigenvalue weighted by molar-refractivity contribution is 6.33. The Morgan fingerprint density at radius 1 is 1.45 bits per heavy atom. The summed E-state index contributed by atoms with van der Waals surface area (Å²) in [5.74, 6) is -2.11. The number of nitrogens with one attached hydrogen (secondary N) is 2. The van der Waals surface area contributed by atoms with Crippen LogP contribution in [0, 0.1) is 5.92 Å². The van der Waals surface area contributed by atoms with E-state index in [0.717, 1.165) is 0 Å². The van der Waals surface area contributed by atoms with Crippen LogP contribution in [0.5, 0.6) is 0 Å². The van der Waals surface area contributed by atoms with Crippen molar-refractivity contribution in [3.05, 3.63) is 41.1 Å². The molecule has 2 N–H and O–H groups in total. The fraction of sp³-hybridized carbons (Fsp3) is 0.444. The fourth-order valence-corrected chi connectivity index (χ4v) is 4.25. The minimum Gasteiger partial charge on any atom is -0.346 e. The molecule has 2 unspecified atom stereocenters. The molecule has 1 aromatic heterocycles. The van der Waals surface area contributed by atoms with Gasteiger partial charge in [-0.2, -0.15) is 13.2 Å². The number of aldehydes is 1. The molecule has 2 aliphatic rings. The molecule has 1 amide bonds. The van der Waals surface area contributed by atoms with Gasteiger partial charge in [0.1, 0.15) is 23.5 Å². The molecule has 0 radical (unpaired) electrons. The number of halogens is 4. The van der Waals surface area contributed by atoms with Gasteiger partial charge >= 0.3 is 6.18 Å². The number of anilines is 1. The van der Waals surface area contributed by atoms with E-state index in [1.807, 2.05) is 0 Å². The Kier molecular flexibility index (Phi) is 5.83. The Labute approximate surface area is 170 Å². The average molecular weight is 430 g/mol. The molecular formula is C18H19ClF3N5O2. The number of likely N-dealkylation sites (N-methyl/N-ethyl adjacent to an activating group) is 1. The summed E-state index contributed by atoms with van der Waals surface area (Å²) < 4.78 is 41.0. The number of hydrogen-bond donors (Lipinski definition) is 2. The highest BCUT2D eigenvalue weighted by Gasteiger charge is 2.61. The van der Waals surface area contributed by atoms with Crippen LogP contribution in [0.2, 0.25) is 0 Å². The van der Waals surface area contributed by atoms with Gasteiger partial charge in [-0.1, -0.05) is 18.0 Å². The molecule has 1 aliphatic carbocycles. The maximum atomic E-state index is 13.7. The van der Waals surface area contributed by atoms with E-state index in [0.29, 0.717) is 24.9 Å². The lowest BCUT2D eigenvalue weighted by Gasteiger charge is -2.46. The molecule has 3 rings (SSSR count). The third-order valence-corrected chi connectivity index (χ3v) is 5.53. The minimum absolute atomic E-state index is 0.0145. The Morgan fingerprint density at radius 2 is 2.21 bits per heavy atom. The van der Waals surface area contributed by atoms with Crippen molar-refractivity contribution in [3.8, 4) is 0 Å². The molecule has 2 atom stereocenters. The van der Waals surface area contributed by atoms with Gasteiger partial charge in [-0.25, -0.2) is 9.97 Å². The second kappa shape index (κ2) is 8.02. The van der Waals surface area contributed by atoms with E-state index in [2.05, 4.69) is 20.6 Å². The number of carbonyl (C=O) groups excluding carboxylic acids is 2. The normalized spacial score (nSPS) is 27.1. The van der Waals surface area contributed by atoms with Gasteiger partial charge in [0, 0.05) is 13.2 Å². The number of carbonyl (C=O) groups is 2. The van der Waals surface area contributed by atoms with Gasteiger partial charge in [0.15, 0.2) is 6.29 Å². The van der Waals surface area contributed by atoms with Crippen LogP contribution >= 0.6 is 11.6 Å². The van der Waals surface area contributed by atoms with Crippen LogP contribution in [0.25, 0.3) is 0 Å². The third kappa shape index (κ3) is 4.07. The number of aromatic nitrogens is 2. The van der Waals surface area contributed by atoms with Crippen LogP contribution in [0.4, 0.5) is 19.0 Å². The average Bonchev–Trinajstić information content (AvgIpc) is 2.91. The number of amides is 1. The Morgan fingerprint density at radius 3 is 2.83 bits per heavy atom. The first-order chi connectivity index (χ1) is 13.7. The lowest BCUT2D eigenvalue weighted by Crippen LogP contribution is -2.61. The highest BCUT2D eigenvalue weighted by Crippen LogP contribution is 2.49. The number of rotatable bonds is 4. The molecule has 156 valence electrons. The van der Waals surface area contributed by atoms with E-state index in [4.69, 9.17) is 11.6 Å². The second-order valence-electron chi connectivity index (χ2n) is 6.91. The SMILES string of the molecule is CN1/C(=C(Cl)\C=C(/C=O)Nc2ccncn2)C(=O)NC12CCCCC2C(F)(F)F. The van der Waals surface area contributed by atoms with Gasteiger partial charge in [0.25, 0.3) is 5.91 Å². The van der Waals surface area contributed by atoms with Crippen molar-refractivity contribution >= 4 is 29.6 Å². The highest BCUT2D eigenvalue weighted by atomic mass is 35.5. The van der Waals surface area contributed by atoms with Crippen LogP contribution in [0.15, 0.2) is 41.1 Å². The lowest BCUT2D eigenvalue weighted by molar-refractivity contribution is -0.218. The van der Waals surface area contributed by atoms with Crippen LogP contribution in [-0.2, 0) is 9.59 Å². The molecule has 0 bridgehead atoms. The number of nitrogens with zero attached hydrogens (tertiary/aromatic N) is 3. The molecule has 29 heavy (non-hydrogen) atoms. The zero-order valence-corrected chi connectivity index (χ0v) is 16.2. The minimum atomic E-state index is -4.47. The maximum Gasteiger partial charge on any atom is 0.395 e. The van der Waals surface area contributed by atoms with E-state index >= 15 is 0 Å². The predicted molar refractivity (Wildman–Crippen MR) is 99.3 cm³/mol. The van der Waals surface area contributed by atoms with E-state index < -0.39 is 23.7 Å². The van der Waals surface area contributed by atoms with Crippen molar-refractivity contribution in [2.75, 3.05) is 12.4 Å². The third-order valence-electron chi connectivity index (χ3n) is 5.24. The zero-order chi connectivity index (χ0) is 21.2. The van der Waals surface area contributed by atoms with Crippen molar-refractivity contribution < 1.29 is 22.8 Å². The largest absolute Gasteiger partial charge is 0.395 e. The number of alkyl halides is 3. The van der Waals surface area contributed by atoms with Gasteiger partial charge in [0.05, 0.1) is 16.6 Å². The Hall–Kier alpha value is -2.62. The van der Waals surface area contributed by atoms with Crippen molar-refractivity contribution in [2.24, 2.45) is 5.92 Å². The van der Waals surface area contributed by atoms with E-state index in [1.54, 1.807) is 0 Å². The number of allylic oxidation sites excluding steroid dienone is 3. The first-order valence-electron chi connectivity index (χ1n) is 8.92. The first kappa shape index (κ1) is 21.1. The van der Waals surface area contributed by atoms with Gasteiger partial charge in [-0.05, 0) is 31.4 Å². The summed E-state index contributed by atoms with van der Waals surface area (Å²) >= 11 is 6.27. The standard InChI is InChI=1S/C18H19ClF3N5O2/c1-27-15(12(19)8-11(9-28)25-14-5-7-23-10-24-14)16(29)26-17(27)6-3-2-4-13(17)18(20,21)22/h5,7-10,13H,2-4,6H2,1H3,(H,26,29)(H,23,24,25)/b11-8+,15-12+. The van der Waals surface area contributed by atoms with Gasteiger partial charge in [0.2, 0.25) is 0 Å². The lowest BCUT2D eigenvalue weighted by atomic mass is 9.78. The summed E-state index contributed by atoms with van der Waals surface area (Å²) in [4.78, 5) is 32.9.